The molecule has 0 saturated heterocycles. The molecule has 0 radical (unpaired) electrons. The van der Waals surface area contributed by atoms with Gasteiger partial charge in [0.1, 0.15) is 0 Å². The van der Waals surface area contributed by atoms with Crippen molar-refractivity contribution in [1.82, 2.24) is 5.32 Å². The fourth-order valence-electron chi connectivity index (χ4n) is 0.662. The van der Waals surface area contributed by atoms with Crippen molar-refractivity contribution >= 4 is 0 Å². The molecule has 0 aliphatic rings. The predicted molar refractivity (Wildman–Crippen MR) is 48.5 cm³/mol. The fourth-order valence-corrected chi connectivity index (χ4v) is 0.662. The summed E-state index contributed by atoms with van der Waals surface area (Å²) in [5, 5.41) is 3.14. The van der Waals surface area contributed by atoms with Gasteiger partial charge in [0, 0.05) is 13.2 Å². The Kier molecular flexibility index (Phi) is 9.07. The van der Waals surface area contributed by atoms with Gasteiger partial charge in [-0.3, -0.25) is 0 Å². The summed E-state index contributed by atoms with van der Waals surface area (Å²) >= 11 is 0. The molecule has 0 aromatic heterocycles. The van der Waals surface area contributed by atoms with Gasteiger partial charge in [0.2, 0.25) is 0 Å². The minimum Gasteiger partial charge on any atom is -0.389 e. The van der Waals surface area contributed by atoms with Crippen molar-refractivity contribution in [2.75, 3.05) is 19.8 Å². The van der Waals surface area contributed by atoms with Gasteiger partial charge in [0.25, 0.3) is 0 Å². The Labute approximate surface area is 69.6 Å². The Morgan fingerprint density at radius 1 is 1.27 bits per heavy atom. The van der Waals surface area contributed by atoms with Gasteiger partial charge in [-0.15, -0.1) is 0 Å². The second-order valence-electron chi connectivity index (χ2n) is 2.38. The van der Waals surface area contributed by atoms with Crippen LogP contribution in [0.4, 0.5) is 0 Å². The number of hydrogen-bond donors (Lipinski definition) is 1. The highest BCUT2D eigenvalue weighted by atomic mass is 16.5. The van der Waals surface area contributed by atoms with Gasteiger partial charge >= 0.3 is 0 Å². The molecule has 0 heterocycles. The summed E-state index contributed by atoms with van der Waals surface area (Å²) in [7, 11) is 0. The minimum atomic E-state index is 0.807. The van der Waals surface area contributed by atoms with Crippen LogP contribution in [-0.4, -0.2) is 19.8 Å². The second kappa shape index (κ2) is 9.50. The van der Waals surface area contributed by atoms with E-state index in [2.05, 4.69) is 25.2 Å². The number of hydrogen-bond acceptors (Lipinski definition) is 2. The zero-order valence-electron chi connectivity index (χ0n) is 7.60. The maximum atomic E-state index is 5.27. The van der Waals surface area contributed by atoms with Crippen molar-refractivity contribution in [1.29, 1.82) is 0 Å². The smallest absolute Gasteiger partial charge is 0.0638 e. The zero-order chi connectivity index (χ0) is 8.36. The molecule has 0 unspecified atom stereocenters. The highest BCUT2D eigenvalue weighted by Crippen LogP contribution is 1.79. The summed E-state index contributed by atoms with van der Waals surface area (Å²) in [4.78, 5) is 0. The highest BCUT2D eigenvalue weighted by molar-refractivity contribution is 4.76. The quantitative estimate of drug-likeness (QED) is 0.570. The molecule has 11 heavy (non-hydrogen) atoms. The van der Waals surface area contributed by atoms with Crippen molar-refractivity contribution in [3.05, 3.63) is 12.3 Å². The van der Waals surface area contributed by atoms with E-state index in [0.717, 1.165) is 32.6 Å². The SMILES string of the molecule is CC/C=C/NCCOCCC. The summed E-state index contributed by atoms with van der Waals surface area (Å²) in [6, 6.07) is 0. The van der Waals surface area contributed by atoms with Gasteiger partial charge in [0.15, 0.2) is 0 Å². The van der Waals surface area contributed by atoms with Crippen LogP contribution in [0.15, 0.2) is 12.3 Å². The first-order chi connectivity index (χ1) is 5.41. The molecule has 0 aromatic rings. The first-order valence-corrected chi connectivity index (χ1v) is 4.38. The zero-order valence-corrected chi connectivity index (χ0v) is 7.60. The molecule has 0 atom stereocenters. The molecule has 0 amide bonds. The first kappa shape index (κ1) is 10.5. The monoisotopic (exact) mass is 157 g/mol. The average Bonchev–Trinajstić information content (AvgIpc) is 2.03. The standard InChI is InChI=1S/C9H19NO/c1-3-5-6-10-7-9-11-8-4-2/h5-6,10H,3-4,7-9H2,1-2H3/b6-5+. The Hall–Kier alpha value is -0.500. The maximum Gasteiger partial charge on any atom is 0.0638 e. The molecule has 0 aliphatic heterocycles. The van der Waals surface area contributed by atoms with E-state index >= 15 is 0 Å². The van der Waals surface area contributed by atoms with Crippen LogP contribution in [0.5, 0.6) is 0 Å². The van der Waals surface area contributed by atoms with Crippen LogP contribution in [0.25, 0.3) is 0 Å². The van der Waals surface area contributed by atoms with Crippen LogP contribution >= 0.6 is 0 Å². The summed E-state index contributed by atoms with van der Waals surface area (Å²) in [5.74, 6) is 0. The molecule has 66 valence electrons. The topological polar surface area (TPSA) is 21.3 Å². The van der Waals surface area contributed by atoms with E-state index in [-0.39, 0.29) is 0 Å². The third-order valence-electron chi connectivity index (χ3n) is 1.21. The molecule has 0 aliphatic carbocycles. The van der Waals surface area contributed by atoms with Gasteiger partial charge in [-0.25, -0.2) is 0 Å². The van der Waals surface area contributed by atoms with Crippen molar-refractivity contribution in [3.63, 3.8) is 0 Å². The molecule has 0 aromatic carbocycles. The van der Waals surface area contributed by atoms with Crippen molar-refractivity contribution in [3.8, 4) is 0 Å². The van der Waals surface area contributed by atoms with E-state index in [1.54, 1.807) is 0 Å². The molecule has 0 spiro atoms. The minimum absolute atomic E-state index is 0.807. The Morgan fingerprint density at radius 3 is 2.73 bits per heavy atom. The summed E-state index contributed by atoms with van der Waals surface area (Å²) in [6.45, 7) is 6.83. The maximum absolute atomic E-state index is 5.27. The van der Waals surface area contributed by atoms with Gasteiger partial charge in [-0.2, -0.15) is 0 Å². The van der Waals surface area contributed by atoms with Gasteiger partial charge in [-0.1, -0.05) is 19.9 Å². The van der Waals surface area contributed by atoms with Crippen LogP contribution in [0, 0.1) is 0 Å². The molecule has 0 fully saturated rings. The average molecular weight is 157 g/mol. The summed E-state index contributed by atoms with van der Waals surface area (Å²) < 4.78 is 5.27. The van der Waals surface area contributed by atoms with Crippen molar-refractivity contribution < 1.29 is 4.74 Å². The van der Waals surface area contributed by atoms with E-state index in [4.69, 9.17) is 4.74 Å². The first-order valence-electron chi connectivity index (χ1n) is 4.38. The lowest BCUT2D eigenvalue weighted by atomic mass is 10.5. The van der Waals surface area contributed by atoms with Crippen LogP contribution in [0.2, 0.25) is 0 Å². The fraction of sp³-hybridized carbons (Fsp3) is 0.778. The van der Waals surface area contributed by atoms with Crippen molar-refractivity contribution in [2.45, 2.75) is 26.7 Å². The lowest BCUT2D eigenvalue weighted by Gasteiger charge is -2.01. The van der Waals surface area contributed by atoms with Crippen LogP contribution < -0.4 is 5.32 Å². The summed E-state index contributed by atoms with van der Waals surface area (Å²) in [5.41, 5.74) is 0. The number of ether oxygens (including phenoxy) is 1. The van der Waals surface area contributed by atoms with Crippen LogP contribution in [0.3, 0.4) is 0 Å². The number of allylic oxidation sites excluding steroid dienone is 1. The normalized spacial score (nSPS) is 10.7. The molecule has 1 N–H and O–H groups in total. The third-order valence-corrected chi connectivity index (χ3v) is 1.21. The molecule has 2 heteroatoms. The third kappa shape index (κ3) is 9.50. The Bertz CT molecular complexity index is 91.6. The van der Waals surface area contributed by atoms with Gasteiger partial charge in [-0.05, 0) is 19.0 Å². The van der Waals surface area contributed by atoms with E-state index in [0.29, 0.717) is 0 Å². The van der Waals surface area contributed by atoms with Crippen molar-refractivity contribution in [2.24, 2.45) is 0 Å². The molecule has 0 rings (SSSR count). The lowest BCUT2D eigenvalue weighted by Crippen LogP contribution is -2.13. The van der Waals surface area contributed by atoms with E-state index in [9.17, 15) is 0 Å². The molecular formula is C9H19NO. The van der Waals surface area contributed by atoms with Gasteiger partial charge in [0.05, 0.1) is 6.61 Å². The van der Waals surface area contributed by atoms with E-state index < -0.39 is 0 Å². The van der Waals surface area contributed by atoms with E-state index in [1.165, 1.54) is 0 Å². The molecule has 0 bridgehead atoms. The number of nitrogens with one attached hydrogen (secondary N) is 1. The molecule has 2 nitrogen and oxygen atoms in total. The largest absolute Gasteiger partial charge is 0.389 e. The van der Waals surface area contributed by atoms with Crippen LogP contribution in [-0.2, 0) is 4.74 Å². The lowest BCUT2D eigenvalue weighted by molar-refractivity contribution is 0.139. The summed E-state index contributed by atoms with van der Waals surface area (Å²) in [6.07, 6.45) is 6.27. The highest BCUT2D eigenvalue weighted by Gasteiger charge is 1.82. The second-order valence-corrected chi connectivity index (χ2v) is 2.38. The van der Waals surface area contributed by atoms with E-state index in [1.807, 2.05) is 6.20 Å². The predicted octanol–water partition coefficient (Wildman–Crippen LogP) is 1.93. The van der Waals surface area contributed by atoms with Crippen LogP contribution in [0.1, 0.15) is 26.7 Å². The molecular weight excluding hydrogens is 138 g/mol. The Balaban J connectivity index is 2.85. The number of rotatable bonds is 7. The Morgan fingerprint density at radius 2 is 2.09 bits per heavy atom. The van der Waals surface area contributed by atoms with Gasteiger partial charge < -0.3 is 10.1 Å². The molecule has 0 saturated carbocycles.